The number of ketones is 1. The van der Waals surface area contributed by atoms with Crippen molar-refractivity contribution < 1.29 is 23.9 Å². The largest absolute Gasteiger partial charge is 0.462 e. The van der Waals surface area contributed by atoms with Gasteiger partial charge in [0.1, 0.15) is 0 Å². The molecule has 0 fully saturated rings. The lowest BCUT2D eigenvalue weighted by atomic mass is 10.1. The first-order chi connectivity index (χ1) is 9.60. The van der Waals surface area contributed by atoms with Crippen LogP contribution in [0.1, 0.15) is 46.8 Å². The molecular weight excluding hydrogens is 262 g/mol. The number of carbonyl (C=O) groups is 3. The summed E-state index contributed by atoms with van der Waals surface area (Å²) in [6.07, 6.45) is 1.54. The number of esters is 2. The van der Waals surface area contributed by atoms with Gasteiger partial charge in [-0.05, 0) is 32.8 Å². The number of hydrogen-bond acceptors (Lipinski definition) is 5. The van der Waals surface area contributed by atoms with Crippen molar-refractivity contribution in [3.63, 3.8) is 0 Å². The van der Waals surface area contributed by atoms with Gasteiger partial charge in [0.15, 0.2) is 0 Å². The monoisotopic (exact) mass is 279 g/mol. The minimum absolute atomic E-state index is 0.142. The lowest BCUT2D eigenvalue weighted by Crippen LogP contribution is -2.20. The van der Waals surface area contributed by atoms with Gasteiger partial charge in [-0.3, -0.25) is 4.79 Å². The zero-order valence-corrected chi connectivity index (χ0v) is 11.6. The van der Waals surface area contributed by atoms with Gasteiger partial charge in [0.05, 0.1) is 24.5 Å². The van der Waals surface area contributed by atoms with Crippen LogP contribution in [0.15, 0.2) is 6.07 Å². The lowest BCUT2D eigenvalue weighted by molar-refractivity contribution is -0.137. The Kier molecular flexibility index (Phi) is 4.22. The maximum absolute atomic E-state index is 12.0. The van der Waals surface area contributed by atoms with Crippen LogP contribution in [-0.4, -0.2) is 35.5 Å². The van der Waals surface area contributed by atoms with Crippen molar-refractivity contribution >= 4 is 17.7 Å². The fraction of sp³-hybridized carbons (Fsp3) is 0.500. The molecule has 1 aromatic rings. The van der Waals surface area contributed by atoms with E-state index in [4.69, 9.17) is 9.47 Å². The Bertz CT molecular complexity index is 558. The highest BCUT2D eigenvalue weighted by Crippen LogP contribution is 2.25. The van der Waals surface area contributed by atoms with Crippen molar-refractivity contribution in [1.82, 2.24) is 4.57 Å². The summed E-state index contributed by atoms with van der Waals surface area (Å²) in [5.41, 5.74) is 1.34. The summed E-state index contributed by atoms with van der Waals surface area (Å²) in [5.74, 6) is -2.07. The SMILES string of the molecule is CCOC(=O)C(=O)c1cc(C(=O)OCC)c2n1CCC2. The highest BCUT2D eigenvalue weighted by atomic mass is 16.5. The van der Waals surface area contributed by atoms with Gasteiger partial charge in [0.2, 0.25) is 0 Å². The molecule has 2 heterocycles. The second-order valence-electron chi connectivity index (χ2n) is 4.42. The van der Waals surface area contributed by atoms with Crippen molar-refractivity contribution in [2.75, 3.05) is 13.2 Å². The van der Waals surface area contributed by atoms with Crippen LogP contribution in [0.25, 0.3) is 0 Å². The number of rotatable bonds is 5. The second-order valence-corrected chi connectivity index (χ2v) is 4.42. The highest BCUT2D eigenvalue weighted by Gasteiger charge is 2.30. The fourth-order valence-corrected chi connectivity index (χ4v) is 2.39. The van der Waals surface area contributed by atoms with Crippen LogP contribution in [-0.2, 0) is 27.2 Å². The van der Waals surface area contributed by atoms with Gasteiger partial charge in [0.25, 0.3) is 5.78 Å². The standard InChI is InChI=1S/C14H17NO5/c1-3-19-13(17)9-8-11(12(16)14(18)20-4-2)15-7-5-6-10(9)15/h8H,3-7H2,1-2H3. The van der Waals surface area contributed by atoms with E-state index in [0.29, 0.717) is 18.5 Å². The summed E-state index contributed by atoms with van der Waals surface area (Å²) in [5, 5.41) is 0. The first kappa shape index (κ1) is 14.3. The average molecular weight is 279 g/mol. The molecule has 0 spiro atoms. The smallest absolute Gasteiger partial charge is 0.381 e. The normalized spacial score (nSPS) is 12.9. The number of hydrogen-bond donors (Lipinski definition) is 0. The van der Waals surface area contributed by atoms with Crippen molar-refractivity contribution in [2.45, 2.75) is 33.2 Å². The molecule has 0 amide bonds. The zero-order valence-electron chi connectivity index (χ0n) is 11.6. The van der Waals surface area contributed by atoms with Crippen molar-refractivity contribution in [3.05, 3.63) is 23.0 Å². The molecule has 0 atom stereocenters. The molecule has 0 aromatic carbocycles. The van der Waals surface area contributed by atoms with Crippen LogP contribution in [0.2, 0.25) is 0 Å². The van der Waals surface area contributed by atoms with E-state index in [2.05, 4.69) is 0 Å². The molecule has 1 aliphatic rings. The second kappa shape index (κ2) is 5.90. The molecule has 6 nitrogen and oxygen atoms in total. The van der Waals surface area contributed by atoms with Gasteiger partial charge in [-0.25, -0.2) is 9.59 Å². The molecule has 0 unspecified atom stereocenters. The first-order valence-corrected chi connectivity index (χ1v) is 6.71. The topological polar surface area (TPSA) is 74.6 Å². The molecular formula is C14H17NO5. The minimum atomic E-state index is -0.893. The summed E-state index contributed by atoms with van der Waals surface area (Å²) in [6, 6.07) is 1.44. The fourth-order valence-electron chi connectivity index (χ4n) is 2.39. The third-order valence-electron chi connectivity index (χ3n) is 3.19. The van der Waals surface area contributed by atoms with E-state index in [1.807, 2.05) is 0 Å². The Morgan fingerprint density at radius 3 is 2.55 bits per heavy atom. The van der Waals surface area contributed by atoms with E-state index in [1.165, 1.54) is 6.07 Å². The zero-order chi connectivity index (χ0) is 14.7. The number of aromatic nitrogens is 1. The Hall–Kier alpha value is -2.11. The molecule has 0 N–H and O–H groups in total. The number of fused-ring (bicyclic) bond motifs is 1. The summed E-state index contributed by atoms with van der Waals surface area (Å²) < 4.78 is 11.4. The summed E-state index contributed by atoms with van der Waals surface area (Å²) >= 11 is 0. The summed E-state index contributed by atoms with van der Waals surface area (Å²) in [6.45, 7) is 4.39. The molecule has 108 valence electrons. The highest BCUT2D eigenvalue weighted by molar-refractivity contribution is 6.40. The molecule has 20 heavy (non-hydrogen) atoms. The van der Waals surface area contributed by atoms with Crippen molar-refractivity contribution in [2.24, 2.45) is 0 Å². The van der Waals surface area contributed by atoms with Crippen LogP contribution in [0.4, 0.5) is 0 Å². The quantitative estimate of drug-likeness (QED) is 0.462. The number of ether oxygens (including phenoxy) is 2. The van der Waals surface area contributed by atoms with Crippen LogP contribution in [0.5, 0.6) is 0 Å². The molecule has 0 bridgehead atoms. The molecule has 2 rings (SSSR count). The third-order valence-corrected chi connectivity index (χ3v) is 3.19. The molecule has 0 saturated carbocycles. The van der Waals surface area contributed by atoms with Gasteiger partial charge < -0.3 is 14.0 Å². The number of nitrogens with zero attached hydrogens (tertiary/aromatic N) is 1. The molecule has 0 aliphatic carbocycles. The van der Waals surface area contributed by atoms with Crippen molar-refractivity contribution in [1.29, 1.82) is 0 Å². The Morgan fingerprint density at radius 1 is 1.20 bits per heavy atom. The van der Waals surface area contributed by atoms with E-state index in [9.17, 15) is 14.4 Å². The molecule has 1 aliphatic heterocycles. The van der Waals surface area contributed by atoms with E-state index in [0.717, 1.165) is 12.1 Å². The Labute approximate surface area is 116 Å². The van der Waals surface area contributed by atoms with Crippen LogP contribution < -0.4 is 0 Å². The van der Waals surface area contributed by atoms with Gasteiger partial charge in [0, 0.05) is 12.2 Å². The summed E-state index contributed by atoms with van der Waals surface area (Å²) in [4.78, 5) is 35.5. The number of Topliss-reactive ketones (excluding diaryl/α,β-unsaturated/α-hetero) is 1. The van der Waals surface area contributed by atoms with Gasteiger partial charge in [-0.1, -0.05) is 0 Å². The van der Waals surface area contributed by atoms with E-state index < -0.39 is 17.7 Å². The van der Waals surface area contributed by atoms with Crippen LogP contribution >= 0.6 is 0 Å². The number of carbonyl (C=O) groups excluding carboxylic acids is 3. The van der Waals surface area contributed by atoms with E-state index >= 15 is 0 Å². The molecule has 6 heteroatoms. The molecule has 0 radical (unpaired) electrons. The average Bonchev–Trinajstić information content (AvgIpc) is 2.99. The maximum atomic E-state index is 12.0. The van der Waals surface area contributed by atoms with Crippen LogP contribution in [0.3, 0.4) is 0 Å². The molecule has 1 aromatic heterocycles. The van der Waals surface area contributed by atoms with Gasteiger partial charge in [-0.15, -0.1) is 0 Å². The van der Waals surface area contributed by atoms with Crippen LogP contribution in [0, 0.1) is 0 Å². The lowest BCUT2D eigenvalue weighted by Gasteiger charge is -2.04. The van der Waals surface area contributed by atoms with Gasteiger partial charge in [-0.2, -0.15) is 0 Å². The Morgan fingerprint density at radius 2 is 1.90 bits per heavy atom. The van der Waals surface area contributed by atoms with E-state index in [-0.39, 0.29) is 18.9 Å². The molecule has 0 saturated heterocycles. The Balaban J connectivity index is 2.36. The van der Waals surface area contributed by atoms with Crippen molar-refractivity contribution in [3.8, 4) is 0 Å². The summed E-state index contributed by atoms with van der Waals surface area (Å²) in [7, 11) is 0. The predicted octanol–water partition coefficient (Wildman–Crippen LogP) is 1.36. The van der Waals surface area contributed by atoms with E-state index in [1.54, 1.807) is 18.4 Å². The van der Waals surface area contributed by atoms with Gasteiger partial charge >= 0.3 is 11.9 Å². The first-order valence-electron chi connectivity index (χ1n) is 6.71. The predicted molar refractivity (Wildman–Crippen MR) is 69.7 cm³/mol. The maximum Gasteiger partial charge on any atom is 0.381 e. The minimum Gasteiger partial charge on any atom is -0.462 e. The third kappa shape index (κ3) is 2.45.